The highest BCUT2D eigenvalue weighted by atomic mass is 16.5. The molecule has 3 heteroatoms. The summed E-state index contributed by atoms with van der Waals surface area (Å²) in [5.74, 6) is 0.228. The number of hydrogen-bond donors (Lipinski definition) is 0. The van der Waals surface area contributed by atoms with E-state index in [1.54, 1.807) is 30.5 Å². The molecule has 3 nitrogen and oxygen atoms in total. The molecule has 0 aliphatic heterocycles. The third-order valence-electron chi connectivity index (χ3n) is 2.36. The Labute approximate surface area is 111 Å². The van der Waals surface area contributed by atoms with Crippen molar-refractivity contribution in [2.24, 2.45) is 0 Å². The van der Waals surface area contributed by atoms with Crippen molar-refractivity contribution in [3.63, 3.8) is 0 Å². The molecule has 0 radical (unpaired) electrons. The Balaban J connectivity index is 1.74. The quantitative estimate of drug-likeness (QED) is 0.605. The van der Waals surface area contributed by atoms with Crippen LogP contribution < -0.4 is 0 Å². The fraction of sp³-hybridized carbons (Fsp3) is 0.0625. The minimum absolute atomic E-state index is 0.246. The number of ether oxygens (including phenoxy) is 1. The second-order valence-electron chi connectivity index (χ2n) is 3.79. The van der Waals surface area contributed by atoms with E-state index in [9.17, 15) is 4.79 Å². The fourth-order valence-corrected chi connectivity index (χ4v) is 1.46. The van der Waals surface area contributed by atoms with Crippen LogP contribution in [0.25, 0.3) is 12.2 Å². The summed E-state index contributed by atoms with van der Waals surface area (Å²) in [4.78, 5) is 11.4. The monoisotopic (exact) mass is 254 g/mol. The van der Waals surface area contributed by atoms with E-state index in [-0.39, 0.29) is 6.61 Å². The number of furan rings is 1. The summed E-state index contributed by atoms with van der Waals surface area (Å²) >= 11 is 0. The van der Waals surface area contributed by atoms with Gasteiger partial charge in [0.25, 0.3) is 0 Å². The van der Waals surface area contributed by atoms with Crippen LogP contribution in [0.5, 0.6) is 0 Å². The van der Waals surface area contributed by atoms with Gasteiger partial charge in [-0.1, -0.05) is 36.4 Å². The Morgan fingerprint density at radius 3 is 2.68 bits per heavy atom. The van der Waals surface area contributed by atoms with E-state index in [2.05, 4.69) is 0 Å². The standard InChI is InChI=1S/C16H14O3/c17-16(11-10-15-9-5-12-18-15)19-13-4-8-14-6-2-1-3-7-14/h1-12H,13H2/b8-4+,11-10+. The molecule has 0 aliphatic rings. The third kappa shape index (κ3) is 4.68. The van der Waals surface area contributed by atoms with Crippen molar-refractivity contribution in [3.05, 3.63) is 72.2 Å². The van der Waals surface area contributed by atoms with Crippen molar-refractivity contribution in [1.29, 1.82) is 0 Å². The second kappa shape index (κ2) is 7.01. The first-order chi connectivity index (χ1) is 9.34. The lowest BCUT2D eigenvalue weighted by molar-refractivity contribution is -0.136. The van der Waals surface area contributed by atoms with Crippen LogP contribution in [0, 0.1) is 0 Å². The van der Waals surface area contributed by atoms with E-state index < -0.39 is 5.97 Å². The molecular formula is C16H14O3. The van der Waals surface area contributed by atoms with Gasteiger partial charge in [0.15, 0.2) is 0 Å². The Bertz CT molecular complexity index is 551. The maximum atomic E-state index is 11.4. The van der Waals surface area contributed by atoms with Gasteiger partial charge in [0, 0.05) is 6.08 Å². The molecule has 96 valence electrons. The Kier molecular flexibility index (Phi) is 4.76. The predicted molar refractivity (Wildman–Crippen MR) is 74.2 cm³/mol. The van der Waals surface area contributed by atoms with E-state index in [0.717, 1.165) is 5.56 Å². The summed E-state index contributed by atoms with van der Waals surface area (Å²) in [6.07, 6.45) is 8.17. The molecule has 2 rings (SSSR count). The van der Waals surface area contributed by atoms with E-state index in [1.807, 2.05) is 36.4 Å². The first-order valence-corrected chi connectivity index (χ1v) is 5.94. The molecule has 2 aromatic rings. The van der Waals surface area contributed by atoms with Gasteiger partial charge in [-0.15, -0.1) is 0 Å². The van der Waals surface area contributed by atoms with Crippen LogP contribution in [0.1, 0.15) is 11.3 Å². The van der Waals surface area contributed by atoms with Crippen LogP contribution in [0.4, 0.5) is 0 Å². The lowest BCUT2D eigenvalue weighted by Crippen LogP contribution is -1.99. The van der Waals surface area contributed by atoms with Gasteiger partial charge in [0.2, 0.25) is 0 Å². The minimum atomic E-state index is -0.394. The summed E-state index contributed by atoms with van der Waals surface area (Å²) in [5.41, 5.74) is 1.07. The largest absolute Gasteiger partial charge is 0.465 e. The number of hydrogen-bond acceptors (Lipinski definition) is 3. The number of carbonyl (C=O) groups excluding carboxylic acids is 1. The van der Waals surface area contributed by atoms with E-state index >= 15 is 0 Å². The molecule has 0 fully saturated rings. The zero-order valence-electron chi connectivity index (χ0n) is 10.4. The highest BCUT2D eigenvalue weighted by Crippen LogP contribution is 2.03. The van der Waals surface area contributed by atoms with Crippen LogP contribution in [0.3, 0.4) is 0 Å². The lowest BCUT2D eigenvalue weighted by atomic mass is 10.2. The Hall–Kier alpha value is -2.55. The summed E-state index contributed by atoms with van der Waals surface area (Å²) in [6.45, 7) is 0.246. The average Bonchev–Trinajstić information content (AvgIpc) is 2.96. The maximum Gasteiger partial charge on any atom is 0.331 e. The van der Waals surface area contributed by atoms with Crippen molar-refractivity contribution < 1.29 is 13.9 Å². The van der Waals surface area contributed by atoms with Gasteiger partial charge in [0.1, 0.15) is 12.4 Å². The zero-order chi connectivity index (χ0) is 13.3. The Morgan fingerprint density at radius 2 is 1.95 bits per heavy atom. The fourth-order valence-electron chi connectivity index (χ4n) is 1.46. The molecule has 0 unspecified atom stereocenters. The summed E-state index contributed by atoms with van der Waals surface area (Å²) in [6, 6.07) is 13.4. The predicted octanol–water partition coefficient (Wildman–Crippen LogP) is 3.55. The van der Waals surface area contributed by atoms with Gasteiger partial charge in [-0.25, -0.2) is 4.79 Å². The molecule has 1 aromatic heterocycles. The van der Waals surface area contributed by atoms with Gasteiger partial charge in [-0.3, -0.25) is 0 Å². The summed E-state index contributed by atoms with van der Waals surface area (Å²) in [7, 11) is 0. The van der Waals surface area contributed by atoms with Crippen molar-refractivity contribution in [3.8, 4) is 0 Å². The Morgan fingerprint density at radius 1 is 1.11 bits per heavy atom. The smallest absolute Gasteiger partial charge is 0.331 e. The SMILES string of the molecule is O=C(/C=C/c1ccco1)OC/C=C/c1ccccc1. The zero-order valence-corrected chi connectivity index (χ0v) is 10.4. The van der Waals surface area contributed by atoms with Crippen LogP contribution in [-0.4, -0.2) is 12.6 Å². The van der Waals surface area contributed by atoms with Gasteiger partial charge < -0.3 is 9.15 Å². The first kappa shape index (κ1) is 12.9. The van der Waals surface area contributed by atoms with Crippen molar-refractivity contribution in [2.75, 3.05) is 6.61 Å². The molecule has 0 saturated carbocycles. The summed E-state index contributed by atoms with van der Waals surface area (Å²) < 4.78 is 10.1. The normalized spacial score (nSPS) is 11.2. The molecule has 0 bridgehead atoms. The third-order valence-corrected chi connectivity index (χ3v) is 2.36. The molecule has 0 aliphatic carbocycles. The van der Waals surface area contributed by atoms with E-state index in [4.69, 9.17) is 9.15 Å². The van der Waals surface area contributed by atoms with Crippen molar-refractivity contribution >= 4 is 18.1 Å². The maximum absolute atomic E-state index is 11.4. The molecule has 1 aromatic carbocycles. The molecule has 0 atom stereocenters. The van der Waals surface area contributed by atoms with Crippen LogP contribution >= 0.6 is 0 Å². The van der Waals surface area contributed by atoms with Crippen LogP contribution in [-0.2, 0) is 9.53 Å². The van der Waals surface area contributed by atoms with Crippen LogP contribution in [0.15, 0.2) is 65.3 Å². The molecule has 0 spiro atoms. The minimum Gasteiger partial charge on any atom is -0.465 e. The number of rotatable bonds is 5. The highest BCUT2D eigenvalue weighted by Gasteiger charge is 1.95. The number of carbonyl (C=O) groups is 1. The molecular weight excluding hydrogens is 240 g/mol. The molecule has 0 amide bonds. The number of benzene rings is 1. The van der Waals surface area contributed by atoms with Gasteiger partial charge >= 0.3 is 5.97 Å². The average molecular weight is 254 g/mol. The first-order valence-electron chi connectivity index (χ1n) is 5.94. The lowest BCUT2D eigenvalue weighted by Gasteiger charge is -1.96. The van der Waals surface area contributed by atoms with E-state index in [0.29, 0.717) is 5.76 Å². The summed E-state index contributed by atoms with van der Waals surface area (Å²) in [5, 5.41) is 0. The molecule has 0 saturated heterocycles. The van der Waals surface area contributed by atoms with Gasteiger partial charge in [-0.2, -0.15) is 0 Å². The number of esters is 1. The molecule has 0 N–H and O–H groups in total. The highest BCUT2D eigenvalue weighted by molar-refractivity contribution is 5.86. The molecule has 19 heavy (non-hydrogen) atoms. The van der Waals surface area contributed by atoms with Crippen molar-refractivity contribution in [2.45, 2.75) is 0 Å². The molecule has 1 heterocycles. The topological polar surface area (TPSA) is 39.4 Å². The second-order valence-corrected chi connectivity index (χ2v) is 3.79. The van der Waals surface area contributed by atoms with E-state index in [1.165, 1.54) is 6.08 Å². The van der Waals surface area contributed by atoms with Gasteiger partial charge in [0.05, 0.1) is 6.26 Å². The van der Waals surface area contributed by atoms with Crippen molar-refractivity contribution in [1.82, 2.24) is 0 Å². The van der Waals surface area contributed by atoms with Crippen LogP contribution in [0.2, 0.25) is 0 Å². The van der Waals surface area contributed by atoms with Gasteiger partial charge in [-0.05, 0) is 29.8 Å².